The quantitative estimate of drug-likeness (QED) is 0.789. The van der Waals surface area contributed by atoms with E-state index < -0.39 is 0 Å². The molecule has 0 spiro atoms. The second kappa shape index (κ2) is 3.36. The number of aromatic amines is 1. The number of ketones is 1. The third kappa shape index (κ3) is 1.37. The molecule has 3 heteroatoms. The fourth-order valence-corrected chi connectivity index (χ4v) is 2.44. The molecule has 0 bridgehead atoms. The van der Waals surface area contributed by atoms with Crippen LogP contribution in [0.15, 0.2) is 24.4 Å². The van der Waals surface area contributed by atoms with E-state index in [0.29, 0.717) is 10.9 Å². The highest BCUT2D eigenvalue weighted by atomic mass is 35.5. The Hall–Kier alpha value is -1.28. The smallest absolute Gasteiger partial charge is 0.168 e. The summed E-state index contributed by atoms with van der Waals surface area (Å²) in [5.74, 6) is 1.01. The lowest BCUT2D eigenvalue weighted by Crippen LogP contribution is -2.01. The largest absolute Gasteiger partial charge is 0.359 e. The highest BCUT2D eigenvalue weighted by Gasteiger charge is 2.40. The van der Waals surface area contributed by atoms with E-state index >= 15 is 0 Å². The molecule has 1 saturated carbocycles. The van der Waals surface area contributed by atoms with Gasteiger partial charge < -0.3 is 4.98 Å². The van der Waals surface area contributed by atoms with E-state index in [2.05, 4.69) is 11.9 Å². The van der Waals surface area contributed by atoms with Gasteiger partial charge in [0.2, 0.25) is 0 Å². The number of carbonyl (C=O) groups excluding carboxylic acids is 1. The van der Waals surface area contributed by atoms with Crippen molar-refractivity contribution in [2.75, 3.05) is 0 Å². The Bertz CT molecular complexity index is 572. The average molecular weight is 234 g/mol. The number of aromatic nitrogens is 1. The summed E-state index contributed by atoms with van der Waals surface area (Å²) in [6.07, 6.45) is 2.80. The van der Waals surface area contributed by atoms with E-state index in [1.54, 1.807) is 6.20 Å². The lowest BCUT2D eigenvalue weighted by Gasteiger charge is -1.97. The van der Waals surface area contributed by atoms with E-state index in [1.807, 2.05) is 18.2 Å². The predicted molar refractivity (Wildman–Crippen MR) is 64.9 cm³/mol. The van der Waals surface area contributed by atoms with Crippen LogP contribution < -0.4 is 0 Å². The van der Waals surface area contributed by atoms with Crippen LogP contribution in [0.5, 0.6) is 0 Å². The number of hydrogen-bond donors (Lipinski definition) is 1. The molecule has 1 fully saturated rings. The van der Waals surface area contributed by atoms with Gasteiger partial charge in [-0.15, -0.1) is 0 Å². The zero-order valence-corrected chi connectivity index (χ0v) is 9.71. The molecule has 1 aliphatic carbocycles. The van der Waals surface area contributed by atoms with Gasteiger partial charge in [0.05, 0.1) is 10.5 Å². The third-order valence-corrected chi connectivity index (χ3v) is 3.69. The fourth-order valence-electron chi connectivity index (χ4n) is 2.21. The van der Waals surface area contributed by atoms with Gasteiger partial charge in [-0.25, -0.2) is 0 Å². The van der Waals surface area contributed by atoms with Crippen molar-refractivity contribution in [1.29, 1.82) is 0 Å². The second-order valence-corrected chi connectivity index (χ2v) is 4.96. The van der Waals surface area contributed by atoms with Gasteiger partial charge in [-0.1, -0.05) is 30.7 Å². The van der Waals surface area contributed by atoms with E-state index in [0.717, 1.165) is 22.9 Å². The van der Waals surface area contributed by atoms with E-state index in [-0.39, 0.29) is 11.7 Å². The van der Waals surface area contributed by atoms with Crippen molar-refractivity contribution >= 4 is 28.3 Å². The first-order valence-electron chi connectivity index (χ1n) is 5.48. The molecule has 2 aromatic rings. The van der Waals surface area contributed by atoms with Gasteiger partial charge in [0.15, 0.2) is 5.78 Å². The van der Waals surface area contributed by atoms with Crippen LogP contribution in [0.1, 0.15) is 23.7 Å². The summed E-state index contributed by atoms with van der Waals surface area (Å²) in [7, 11) is 0. The maximum atomic E-state index is 12.1. The van der Waals surface area contributed by atoms with Gasteiger partial charge in [-0.05, 0) is 18.4 Å². The Balaban J connectivity index is 2.11. The summed E-state index contributed by atoms with van der Waals surface area (Å²) in [5.41, 5.74) is 1.65. The van der Waals surface area contributed by atoms with Crippen LogP contribution in [0.4, 0.5) is 0 Å². The molecule has 2 atom stereocenters. The number of H-pyrrole nitrogens is 1. The van der Waals surface area contributed by atoms with Crippen LogP contribution in [-0.4, -0.2) is 10.8 Å². The zero-order chi connectivity index (χ0) is 11.3. The minimum Gasteiger partial charge on any atom is -0.359 e. The molecular weight excluding hydrogens is 222 g/mol. The first-order valence-corrected chi connectivity index (χ1v) is 5.86. The lowest BCUT2D eigenvalue weighted by molar-refractivity contribution is 0.0964. The monoisotopic (exact) mass is 233 g/mol. The number of fused-ring (bicyclic) bond motifs is 1. The maximum absolute atomic E-state index is 12.1. The first kappa shape index (κ1) is 9.91. The molecule has 0 saturated heterocycles. The molecule has 1 heterocycles. The van der Waals surface area contributed by atoms with Gasteiger partial charge >= 0.3 is 0 Å². The second-order valence-electron chi connectivity index (χ2n) is 4.55. The molecule has 1 aromatic carbocycles. The molecule has 3 rings (SSSR count). The average Bonchev–Trinajstić information content (AvgIpc) is 2.83. The number of Topliss-reactive ketones (excluding diaryl/α,β-unsaturated/α-hetero) is 1. The number of nitrogens with one attached hydrogen (secondary N) is 1. The number of benzene rings is 1. The molecule has 16 heavy (non-hydrogen) atoms. The van der Waals surface area contributed by atoms with Crippen molar-refractivity contribution in [3.05, 3.63) is 35.0 Å². The number of hydrogen-bond acceptors (Lipinski definition) is 1. The molecule has 82 valence electrons. The Morgan fingerprint density at radius 2 is 2.25 bits per heavy atom. The van der Waals surface area contributed by atoms with Crippen LogP contribution >= 0.6 is 11.6 Å². The molecule has 1 aliphatic rings. The van der Waals surface area contributed by atoms with Crippen LogP contribution in [0.2, 0.25) is 5.02 Å². The maximum Gasteiger partial charge on any atom is 0.168 e. The molecule has 2 nitrogen and oxygen atoms in total. The summed E-state index contributed by atoms with van der Waals surface area (Å²) in [5, 5.41) is 1.61. The van der Waals surface area contributed by atoms with Crippen LogP contribution in [0, 0.1) is 11.8 Å². The topological polar surface area (TPSA) is 32.9 Å². The summed E-state index contributed by atoms with van der Waals surface area (Å²) >= 11 is 6.06. The summed E-state index contributed by atoms with van der Waals surface area (Å²) in [6, 6.07) is 5.65. The standard InChI is InChI=1S/C13H12ClNO/c1-7-5-9(7)13(16)10-6-15-12-8(10)3-2-4-11(12)14/h2-4,6-7,9,15H,5H2,1H3. The summed E-state index contributed by atoms with van der Waals surface area (Å²) in [4.78, 5) is 15.2. The van der Waals surface area contributed by atoms with Gasteiger partial charge in [-0.3, -0.25) is 4.79 Å². The van der Waals surface area contributed by atoms with Gasteiger partial charge in [0.1, 0.15) is 0 Å². The van der Waals surface area contributed by atoms with Crippen molar-refractivity contribution in [2.24, 2.45) is 11.8 Å². The molecule has 2 unspecified atom stereocenters. The fraction of sp³-hybridized carbons (Fsp3) is 0.308. The number of rotatable bonds is 2. The minimum absolute atomic E-state index is 0.220. The summed E-state index contributed by atoms with van der Waals surface area (Å²) < 4.78 is 0. The molecular formula is C13H12ClNO. The Labute approximate surface area is 98.6 Å². The van der Waals surface area contributed by atoms with Crippen LogP contribution in [-0.2, 0) is 0 Å². The van der Waals surface area contributed by atoms with Crippen molar-refractivity contribution in [3.8, 4) is 0 Å². The number of halogens is 1. The predicted octanol–water partition coefficient (Wildman–Crippen LogP) is 3.66. The van der Waals surface area contributed by atoms with Gasteiger partial charge in [0, 0.05) is 23.1 Å². The van der Waals surface area contributed by atoms with E-state index in [4.69, 9.17) is 11.6 Å². The minimum atomic E-state index is 0.220. The van der Waals surface area contributed by atoms with E-state index in [9.17, 15) is 4.79 Å². The van der Waals surface area contributed by atoms with Crippen molar-refractivity contribution < 1.29 is 4.79 Å². The van der Waals surface area contributed by atoms with Crippen molar-refractivity contribution in [1.82, 2.24) is 4.98 Å². The third-order valence-electron chi connectivity index (χ3n) is 3.38. The summed E-state index contributed by atoms with van der Waals surface area (Å²) in [6.45, 7) is 2.12. The van der Waals surface area contributed by atoms with Crippen molar-refractivity contribution in [3.63, 3.8) is 0 Å². The van der Waals surface area contributed by atoms with Crippen LogP contribution in [0.25, 0.3) is 10.9 Å². The molecule has 1 N–H and O–H groups in total. The Morgan fingerprint density at radius 3 is 2.94 bits per heavy atom. The molecule has 0 amide bonds. The normalized spacial score (nSPS) is 23.6. The van der Waals surface area contributed by atoms with Crippen LogP contribution in [0.3, 0.4) is 0 Å². The van der Waals surface area contributed by atoms with Crippen molar-refractivity contribution in [2.45, 2.75) is 13.3 Å². The lowest BCUT2D eigenvalue weighted by atomic mass is 10.1. The Kier molecular flexibility index (Phi) is 2.08. The zero-order valence-electron chi connectivity index (χ0n) is 8.96. The number of para-hydroxylation sites is 1. The molecule has 0 aliphatic heterocycles. The Morgan fingerprint density at radius 1 is 1.50 bits per heavy atom. The highest BCUT2D eigenvalue weighted by molar-refractivity contribution is 6.35. The van der Waals surface area contributed by atoms with Gasteiger partial charge in [0.25, 0.3) is 0 Å². The highest BCUT2D eigenvalue weighted by Crippen LogP contribution is 2.41. The molecule has 1 aromatic heterocycles. The number of carbonyl (C=O) groups is 1. The van der Waals surface area contributed by atoms with Gasteiger partial charge in [-0.2, -0.15) is 0 Å². The molecule has 0 radical (unpaired) electrons. The van der Waals surface area contributed by atoms with E-state index in [1.165, 1.54) is 0 Å². The SMILES string of the molecule is CC1CC1C(=O)c1c[nH]c2c(Cl)cccc12. The first-order chi connectivity index (χ1) is 7.68.